The Hall–Kier alpha value is -3.33. The number of hydrogen-bond acceptors (Lipinski definition) is 6. The number of nitriles is 1. The van der Waals surface area contributed by atoms with Crippen LogP contribution in [0.25, 0.3) is 0 Å². The fraction of sp³-hybridized carbons (Fsp3) is 0.211. The highest BCUT2D eigenvalue weighted by Gasteiger charge is 2.12. The predicted octanol–water partition coefficient (Wildman–Crippen LogP) is 4.00. The van der Waals surface area contributed by atoms with Crippen molar-refractivity contribution in [3.05, 3.63) is 71.4 Å². The topological polar surface area (TPSA) is 84.0 Å². The summed E-state index contributed by atoms with van der Waals surface area (Å²) in [6.07, 6.45) is 0. The molecule has 1 aromatic heterocycles. The summed E-state index contributed by atoms with van der Waals surface area (Å²) in [7, 11) is 0. The van der Waals surface area contributed by atoms with Crippen molar-refractivity contribution in [2.75, 3.05) is 5.32 Å². The predicted molar refractivity (Wildman–Crippen MR) is 93.0 cm³/mol. The molecule has 6 heteroatoms. The Morgan fingerprint density at radius 1 is 1.20 bits per heavy atom. The van der Waals surface area contributed by atoms with Crippen LogP contribution in [0.5, 0.6) is 5.75 Å². The maximum atomic E-state index is 8.92. The maximum Gasteiger partial charge on any atom is 0.238 e. The first-order valence-electron chi connectivity index (χ1n) is 7.92. The number of ether oxygens (including phenoxy) is 1. The molecule has 1 unspecified atom stereocenters. The molecule has 1 atom stereocenters. The summed E-state index contributed by atoms with van der Waals surface area (Å²) in [6, 6.07) is 17.1. The molecule has 0 aliphatic rings. The first kappa shape index (κ1) is 16.5. The number of aromatic nitrogens is 2. The van der Waals surface area contributed by atoms with Crippen LogP contribution in [0, 0.1) is 18.3 Å². The Labute approximate surface area is 146 Å². The minimum absolute atomic E-state index is 0.0818. The standard InChI is InChI=1S/C19H18N4O2/c1-13(19-23-22-14(2)25-19)21-17-6-8-18(9-7-17)24-12-16-5-3-4-15(10-16)11-20/h3-10,13,21H,12H2,1-2H3. The van der Waals surface area contributed by atoms with Gasteiger partial charge in [0.2, 0.25) is 11.8 Å². The van der Waals surface area contributed by atoms with Crippen LogP contribution in [0.2, 0.25) is 0 Å². The van der Waals surface area contributed by atoms with Crippen LogP contribution < -0.4 is 10.1 Å². The number of anilines is 1. The Bertz CT molecular complexity index is 881. The van der Waals surface area contributed by atoms with E-state index in [4.69, 9.17) is 14.4 Å². The van der Waals surface area contributed by atoms with Gasteiger partial charge in [0.05, 0.1) is 11.6 Å². The normalized spacial score (nSPS) is 11.6. The Kier molecular flexibility index (Phi) is 4.95. The van der Waals surface area contributed by atoms with Gasteiger partial charge in [-0.25, -0.2) is 0 Å². The molecule has 0 saturated heterocycles. The summed E-state index contributed by atoms with van der Waals surface area (Å²) in [5.74, 6) is 1.86. The van der Waals surface area contributed by atoms with E-state index < -0.39 is 0 Å². The molecular formula is C19H18N4O2. The van der Waals surface area contributed by atoms with E-state index in [1.54, 1.807) is 13.0 Å². The molecule has 0 amide bonds. The average Bonchev–Trinajstić information content (AvgIpc) is 3.08. The molecule has 6 nitrogen and oxygen atoms in total. The number of benzene rings is 2. The second kappa shape index (κ2) is 7.49. The third-order valence-electron chi connectivity index (χ3n) is 3.61. The van der Waals surface area contributed by atoms with Gasteiger partial charge >= 0.3 is 0 Å². The zero-order valence-electron chi connectivity index (χ0n) is 14.1. The van der Waals surface area contributed by atoms with Crippen molar-refractivity contribution in [1.82, 2.24) is 10.2 Å². The van der Waals surface area contributed by atoms with Crippen molar-refractivity contribution in [3.63, 3.8) is 0 Å². The van der Waals surface area contributed by atoms with Crippen molar-refractivity contribution >= 4 is 5.69 Å². The molecule has 0 fully saturated rings. The van der Waals surface area contributed by atoms with E-state index in [2.05, 4.69) is 21.6 Å². The quantitative estimate of drug-likeness (QED) is 0.733. The van der Waals surface area contributed by atoms with Crippen molar-refractivity contribution in [1.29, 1.82) is 5.26 Å². The highest BCUT2D eigenvalue weighted by molar-refractivity contribution is 5.47. The molecule has 1 heterocycles. The van der Waals surface area contributed by atoms with Gasteiger partial charge in [-0.2, -0.15) is 5.26 Å². The number of nitrogens with one attached hydrogen (secondary N) is 1. The maximum absolute atomic E-state index is 8.92. The van der Waals surface area contributed by atoms with E-state index in [-0.39, 0.29) is 6.04 Å². The van der Waals surface area contributed by atoms with E-state index >= 15 is 0 Å². The van der Waals surface area contributed by atoms with E-state index in [1.165, 1.54) is 0 Å². The minimum atomic E-state index is -0.0818. The minimum Gasteiger partial charge on any atom is -0.489 e. The Balaban J connectivity index is 1.57. The van der Waals surface area contributed by atoms with Crippen LogP contribution in [0.4, 0.5) is 5.69 Å². The molecule has 0 saturated carbocycles. The molecule has 2 aromatic carbocycles. The molecular weight excluding hydrogens is 316 g/mol. The lowest BCUT2D eigenvalue weighted by Gasteiger charge is -2.12. The van der Waals surface area contributed by atoms with Crippen LogP contribution >= 0.6 is 0 Å². The first-order valence-corrected chi connectivity index (χ1v) is 7.92. The van der Waals surface area contributed by atoms with Gasteiger partial charge in [-0.1, -0.05) is 12.1 Å². The molecule has 1 N–H and O–H groups in total. The SMILES string of the molecule is Cc1nnc(C(C)Nc2ccc(OCc3cccc(C#N)c3)cc2)o1. The Morgan fingerprint density at radius 3 is 2.68 bits per heavy atom. The van der Waals surface area contributed by atoms with Crippen LogP contribution in [-0.2, 0) is 6.61 Å². The number of hydrogen-bond donors (Lipinski definition) is 1. The molecule has 3 rings (SSSR count). The second-order valence-corrected chi connectivity index (χ2v) is 5.65. The smallest absolute Gasteiger partial charge is 0.238 e. The summed E-state index contributed by atoms with van der Waals surface area (Å²) in [4.78, 5) is 0. The summed E-state index contributed by atoms with van der Waals surface area (Å²) < 4.78 is 11.2. The zero-order valence-corrected chi connectivity index (χ0v) is 14.1. The van der Waals surface area contributed by atoms with Gasteiger partial charge in [-0.3, -0.25) is 0 Å². The summed E-state index contributed by atoms with van der Waals surface area (Å²) in [5, 5.41) is 20.1. The molecule has 0 bridgehead atoms. The van der Waals surface area contributed by atoms with Crippen molar-refractivity contribution < 1.29 is 9.15 Å². The molecule has 126 valence electrons. The molecule has 3 aromatic rings. The molecule has 0 aliphatic heterocycles. The van der Waals surface area contributed by atoms with Crippen molar-refractivity contribution in [2.45, 2.75) is 26.5 Å². The largest absolute Gasteiger partial charge is 0.489 e. The summed E-state index contributed by atoms with van der Waals surface area (Å²) in [6.45, 7) is 4.14. The van der Waals surface area contributed by atoms with Gasteiger partial charge in [-0.15, -0.1) is 10.2 Å². The van der Waals surface area contributed by atoms with Gasteiger partial charge < -0.3 is 14.5 Å². The van der Waals surface area contributed by atoms with Crippen molar-refractivity contribution in [3.8, 4) is 11.8 Å². The van der Waals surface area contributed by atoms with Crippen LogP contribution in [0.1, 0.15) is 35.9 Å². The summed E-state index contributed by atoms with van der Waals surface area (Å²) >= 11 is 0. The third-order valence-corrected chi connectivity index (χ3v) is 3.61. The lowest BCUT2D eigenvalue weighted by atomic mass is 10.1. The highest BCUT2D eigenvalue weighted by Crippen LogP contribution is 2.21. The highest BCUT2D eigenvalue weighted by atomic mass is 16.5. The second-order valence-electron chi connectivity index (χ2n) is 5.65. The van der Waals surface area contributed by atoms with Gasteiger partial charge in [0.15, 0.2) is 0 Å². The molecule has 0 radical (unpaired) electrons. The lowest BCUT2D eigenvalue weighted by Crippen LogP contribution is -2.07. The van der Waals surface area contributed by atoms with Gasteiger partial charge in [0.1, 0.15) is 18.4 Å². The van der Waals surface area contributed by atoms with Crippen molar-refractivity contribution in [2.24, 2.45) is 0 Å². The molecule has 0 spiro atoms. The number of aryl methyl sites for hydroxylation is 1. The van der Waals surface area contributed by atoms with Crippen LogP contribution in [-0.4, -0.2) is 10.2 Å². The monoisotopic (exact) mass is 334 g/mol. The average molecular weight is 334 g/mol. The fourth-order valence-corrected chi connectivity index (χ4v) is 2.34. The third kappa shape index (κ3) is 4.36. The zero-order chi connectivity index (χ0) is 17.6. The fourth-order valence-electron chi connectivity index (χ4n) is 2.34. The van der Waals surface area contributed by atoms with E-state index in [0.717, 1.165) is 17.0 Å². The molecule has 25 heavy (non-hydrogen) atoms. The lowest BCUT2D eigenvalue weighted by molar-refractivity contribution is 0.306. The van der Waals surface area contributed by atoms with Gasteiger partial charge in [0.25, 0.3) is 0 Å². The number of rotatable bonds is 6. The van der Waals surface area contributed by atoms with E-state index in [1.807, 2.05) is 49.4 Å². The number of nitrogens with zero attached hydrogens (tertiary/aromatic N) is 3. The van der Waals surface area contributed by atoms with Crippen LogP contribution in [0.3, 0.4) is 0 Å². The van der Waals surface area contributed by atoms with Gasteiger partial charge in [-0.05, 0) is 48.9 Å². The summed E-state index contributed by atoms with van der Waals surface area (Å²) in [5.41, 5.74) is 2.52. The molecule has 0 aliphatic carbocycles. The van der Waals surface area contributed by atoms with Crippen LogP contribution in [0.15, 0.2) is 52.9 Å². The van der Waals surface area contributed by atoms with E-state index in [0.29, 0.717) is 24.0 Å². The van der Waals surface area contributed by atoms with Gasteiger partial charge in [0, 0.05) is 12.6 Å². The first-order chi connectivity index (χ1) is 12.1. The Morgan fingerprint density at radius 2 is 2.00 bits per heavy atom. The van der Waals surface area contributed by atoms with E-state index in [9.17, 15) is 0 Å².